The standard InChI is InChI=1S/C18H26N4O3.C2H6/c1-2-20-18(25)16(22-17(24)5-3-4-8-19)9-12-11-21-15-7-6-13(23)10-14(12)15;1-2/h6-7,10-11,16,21,23H,2-5,8-9,19H2,1H3,(H,20,25)(H,22,24);1-2H3/t16-;/m0./s1. The molecule has 27 heavy (non-hydrogen) atoms. The summed E-state index contributed by atoms with van der Waals surface area (Å²) >= 11 is 0. The summed E-state index contributed by atoms with van der Waals surface area (Å²) in [5, 5.41) is 16.1. The molecule has 1 heterocycles. The Bertz CT molecular complexity index is 727. The molecule has 0 bridgehead atoms. The van der Waals surface area contributed by atoms with Gasteiger partial charge in [-0.15, -0.1) is 0 Å². The number of nitrogens with two attached hydrogens (primary N) is 1. The first-order chi connectivity index (χ1) is 13.0. The van der Waals surface area contributed by atoms with E-state index in [0.29, 0.717) is 32.4 Å². The van der Waals surface area contributed by atoms with Crippen molar-refractivity contribution >= 4 is 22.7 Å². The van der Waals surface area contributed by atoms with Gasteiger partial charge < -0.3 is 26.5 Å². The highest BCUT2D eigenvalue weighted by atomic mass is 16.3. The minimum absolute atomic E-state index is 0.160. The highest BCUT2D eigenvalue weighted by Gasteiger charge is 2.22. The number of benzene rings is 1. The van der Waals surface area contributed by atoms with Gasteiger partial charge >= 0.3 is 0 Å². The number of phenolic OH excluding ortho intramolecular Hbond substituents is 1. The summed E-state index contributed by atoms with van der Waals surface area (Å²) in [6.45, 7) is 6.88. The summed E-state index contributed by atoms with van der Waals surface area (Å²) in [5.41, 5.74) is 7.18. The van der Waals surface area contributed by atoms with Crippen molar-refractivity contribution in [2.45, 2.75) is 52.5 Å². The fraction of sp³-hybridized carbons (Fsp3) is 0.500. The Kier molecular flexibility index (Phi) is 9.96. The summed E-state index contributed by atoms with van der Waals surface area (Å²) in [6, 6.07) is 4.37. The number of H-pyrrole nitrogens is 1. The van der Waals surface area contributed by atoms with Crippen LogP contribution in [0, 0.1) is 0 Å². The first-order valence-electron chi connectivity index (χ1n) is 9.61. The number of fused-ring (bicyclic) bond motifs is 1. The molecule has 2 aromatic rings. The third-order valence-electron chi connectivity index (χ3n) is 4.04. The number of hydrogen-bond donors (Lipinski definition) is 5. The van der Waals surface area contributed by atoms with Crippen LogP contribution >= 0.6 is 0 Å². The smallest absolute Gasteiger partial charge is 0.242 e. The van der Waals surface area contributed by atoms with E-state index in [1.807, 2.05) is 20.8 Å². The van der Waals surface area contributed by atoms with Crippen LogP contribution in [0.3, 0.4) is 0 Å². The van der Waals surface area contributed by atoms with Gasteiger partial charge in [0, 0.05) is 36.5 Å². The van der Waals surface area contributed by atoms with E-state index < -0.39 is 6.04 Å². The molecule has 150 valence electrons. The monoisotopic (exact) mass is 376 g/mol. The molecule has 1 aromatic heterocycles. The lowest BCUT2D eigenvalue weighted by molar-refractivity contribution is -0.129. The maximum Gasteiger partial charge on any atom is 0.242 e. The minimum atomic E-state index is -0.660. The van der Waals surface area contributed by atoms with E-state index in [9.17, 15) is 14.7 Å². The molecule has 1 aromatic carbocycles. The maximum absolute atomic E-state index is 12.3. The van der Waals surface area contributed by atoms with Gasteiger partial charge in [-0.3, -0.25) is 9.59 Å². The number of aromatic nitrogens is 1. The highest BCUT2D eigenvalue weighted by molar-refractivity contribution is 5.89. The Hall–Kier alpha value is -2.54. The number of phenols is 1. The first-order valence-corrected chi connectivity index (χ1v) is 9.61. The minimum Gasteiger partial charge on any atom is -0.508 e. The molecule has 2 amide bonds. The second-order valence-corrected chi connectivity index (χ2v) is 6.01. The lowest BCUT2D eigenvalue weighted by Gasteiger charge is -2.18. The summed E-state index contributed by atoms with van der Waals surface area (Å²) < 4.78 is 0. The molecule has 0 unspecified atom stereocenters. The second-order valence-electron chi connectivity index (χ2n) is 6.01. The van der Waals surface area contributed by atoms with Gasteiger partial charge in [-0.1, -0.05) is 13.8 Å². The Morgan fingerprint density at radius 2 is 2.00 bits per heavy atom. The molecule has 6 N–H and O–H groups in total. The van der Waals surface area contributed by atoms with Crippen molar-refractivity contribution in [1.29, 1.82) is 0 Å². The number of likely N-dealkylation sites (N-methyl/N-ethyl adjacent to an activating group) is 1. The molecule has 0 fully saturated rings. The van der Waals surface area contributed by atoms with Crippen LogP contribution in [-0.2, 0) is 16.0 Å². The summed E-state index contributed by atoms with van der Waals surface area (Å²) in [5.74, 6) is -0.217. The van der Waals surface area contributed by atoms with Gasteiger partial charge in [0.25, 0.3) is 0 Å². The zero-order valence-electron chi connectivity index (χ0n) is 16.5. The molecule has 0 aliphatic carbocycles. The van der Waals surface area contributed by atoms with E-state index in [2.05, 4.69) is 15.6 Å². The Morgan fingerprint density at radius 1 is 1.26 bits per heavy atom. The number of nitrogens with one attached hydrogen (secondary N) is 3. The number of carbonyl (C=O) groups excluding carboxylic acids is 2. The number of rotatable bonds is 9. The van der Waals surface area contributed by atoms with Crippen LogP contribution in [0.5, 0.6) is 5.75 Å². The lowest BCUT2D eigenvalue weighted by Crippen LogP contribution is -2.47. The summed E-state index contributed by atoms with van der Waals surface area (Å²) in [7, 11) is 0. The van der Waals surface area contributed by atoms with Crippen LogP contribution in [0.1, 0.15) is 45.6 Å². The van der Waals surface area contributed by atoms with Crippen LogP contribution < -0.4 is 16.4 Å². The van der Waals surface area contributed by atoms with Crippen molar-refractivity contribution in [2.24, 2.45) is 5.73 Å². The van der Waals surface area contributed by atoms with Crippen molar-refractivity contribution in [3.05, 3.63) is 30.0 Å². The Morgan fingerprint density at radius 3 is 2.67 bits per heavy atom. The van der Waals surface area contributed by atoms with E-state index in [0.717, 1.165) is 22.9 Å². The predicted molar refractivity (Wildman–Crippen MR) is 109 cm³/mol. The van der Waals surface area contributed by atoms with Gasteiger partial charge in [0.05, 0.1) is 0 Å². The third-order valence-corrected chi connectivity index (χ3v) is 4.04. The summed E-state index contributed by atoms with van der Waals surface area (Å²) in [4.78, 5) is 27.6. The van der Waals surface area contributed by atoms with E-state index in [1.165, 1.54) is 0 Å². The largest absolute Gasteiger partial charge is 0.508 e. The van der Waals surface area contributed by atoms with E-state index in [1.54, 1.807) is 24.4 Å². The highest BCUT2D eigenvalue weighted by Crippen LogP contribution is 2.24. The van der Waals surface area contributed by atoms with Crippen LogP contribution in [0.4, 0.5) is 0 Å². The number of carbonyl (C=O) groups is 2. The van der Waals surface area contributed by atoms with Crippen LogP contribution in [0.15, 0.2) is 24.4 Å². The average molecular weight is 377 g/mol. The zero-order valence-corrected chi connectivity index (χ0v) is 16.5. The number of unbranched alkanes of at least 4 members (excludes halogenated alkanes) is 1. The molecule has 7 nitrogen and oxygen atoms in total. The summed E-state index contributed by atoms with van der Waals surface area (Å²) in [6.07, 6.45) is 3.98. The molecular weight excluding hydrogens is 344 g/mol. The fourth-order valence-corrected chi connectivity index (χ4v) is 2.76. The van der Waals surface area contributed by atoms with Crippen molar-refractivity contribution in [3.63, 3.8) is 0 Å². The molecule has 7 heteroatoms. The second kappa shape index (κ2) is 12.0. The van der Waals surface area contributed by atoms with Crippen LogP contribution in [0.25, 0.3) is 10.9 Å². The van der Waals surface area contributed by atoms with Gasteiger partial charge in [-0.05, 0) is 50.1 Å². The molecule has 2 rings (SSSR count). The molecule has 0 spiro atoms. The van der Waals surface area contributed by atoms with E-state index >= 15 is 0 Å². The number of amides is 2. The number of aromatic hydroxyl groups is 1. The zero-order chi connectivity index (χ0) is 20.2. The molecule has 0 aliphatic rings. The van der Waals surface area contributed by atoms with Crippen molar-refractivity contribution in [3.8, 4) is 5.75 Å². The SMILES string of the molecule is CC.CCNC(=O)[C@H](Cc1c[nH]c2ccc(O)cc12)NC(=O)CCCCN. The van der Waals surface area contributed by atoms with Crippen LogP contribution in [-0.4, -0.2) is 41.0 Å². The normalized spacial score (nSPS) is 11.4. The number of aromatic amines is 1. The predicted octanol–water partition coefficient (Wildman–Crippen LogP) is 2.19. The van der Waals surface area contributed by atoms with Gasteiger partial charge in [-0.2, -0.15) is 0 Å². The van der Waals surface area contributed by atoms with Gasteiger partial charge in [-0.25, -0.2) is 0 Å². The molecule has 1 atom stereocenters. The van der Waals surface area contributed by atoms with Gasteiger partial charge in [0.2, 0.25) is 11.8 Å². The van der Waals surface area contributed by atoms with Gasteiger partial charge in [0.1, 0.15) is 11.8 Å². The van der Waals surface area contributed by atoms with Gasteiger partial charge in [0.15, 0.2) is 0 Å². The molecule has 0 saturated heterocycles. The number of hydrogen-bond acceptors (Lipinski definition) is 4. The van der Waals surface area contributed by atoms with Crippen molar-refractivity contribution in [1.82, 2.24) is 15.6 Å². The van der Waals surface area contributed by atoms with Crippen LogP contribution in [0.2, 0.25) is 0 Å². The third kappa shape index (κ3) is 6.94. The molecule has 0 saturated carbocycles. The topological polar surface area (TPSA) is 120 Å². The quantitative estimate of drug-likeness (QED) is 0.431. The molecular formula is C20H32N4O3. The first kappa shape index (κ1) is 22.5. The van der Waals surface area contributed by atoms with Crippen molar-refractivity contribution in [2.75, 3.05) is 13.1 Å². The van der Waals surface area contributed by atoms with Crippen molar-refractivity contribution < 1.29 is 14.7 Å². The van der Waals surface area contributed by atoms with E-state index in [4.69, 9.17) is 5.73 Å². The Balaban J connectivity index is 0.00000176. The maximum atomic E-state index is 12.3. The fourth-order valence-electron chi connectivity index (χ4n) is 2.76. The Labute approximate surface area is 160 Å². The van der Waals surface area contributed by atoms with E-state index in [-0.39, 0.29) is 17.6 Å². The lowest BCUT2D eigenvalue weighted by atomic mass is 10.0. The molecule has 0 aliphatic heterocycles. The average Bonchev–Trinajstić information content (AvgIpc) is 3.05. The molecule has 0 radical (unpaired) electrons.